The van der Waals surface area contributed by atoms with Gasteiger partial charge < -0.3 is 25.0 Å². The number of hydrogen-bond donors (Lipinski definition) is 2. The average Bonchev–Trinajstić information content (AvgIpc) is 2.59. The topological polar surface area (TPSA) is 79.9 Å². The summed E-state index contributed by atoms with van der Waals surface area (Å²) in [5.74, 6) is -0.278. The third kappa shape index (κ3) is 6.09. The second kappa shape index (κ2) is 11.0. The molecule has 1 saturated heterocycles. The van der Waals surface area contributed by atoms with E-state index in [1.54, 1.807) is 36.3 Å². The maximum atomic E-state index is 12.6. The molecule has 0 aromatic heterocycles. The molecule has 0 unspecified atom stereocenters. The van der Waals surface area contributed by atoms with Crippen LogP contribution in [0.15, 0.2) is 24.3 Å². The molecule has 0 saturated carbocycles. The summed E-state index contributed by atoms with van der Waals surface area (Å²) in [7, 11) is 1.61. The van der Waals surface area contributed by atoms with Gasteiger partial charge in [0.05, 0.1) is 37.6 Å². The highest BCUT2D eigenvalue weighted by molar-refractivity contribution is 6.04. The number of halogens is 1. The van der Waals surface area contributed by atoms with Gasteiger partial charge in [-0.15, -0.1) is 12.4 Å². The summed E-state index contributed by atoms with van der Waals surface area (Å²) < 4.78 is 10.2. The zero-order valence-electron chi connectivity index (χ0n) is 13.7. The predicted molar refractivity (Wildman–Crippen MR) is 93.8 cm³/mol. The highest BCUT2D eigenvalue weighted by atomic mass is 35.5. The molecular formula is C16H24ClN3O4. The van der Waals surface area contributed by atoms with Crippen LogP contribution in [0.4, 0.5) is 5.69 Å². The van der Waals surface area contributed by atoms with Crippen LogP contribution < -0.4 is 10.6 Å². The van der Waals surface area contributed by atoms with E-state index in [4.69, 9.17) is 9.47 Å². The lowest BCUT2D eigenvalue weighted by atomic mass is 10.1. The molecule has 0 spiro atoms. The number of para-hydroxylation sites is 1. The van der Waals surface area contributed by atoms with Crippen LogP contribution in [0.5, 0.6) is 0 Å². The van der Waals surface area contributed by atoms with Crippen molar-refractivity contribution in [1.82, 2.24) is 10.2 Å². The zero-order valence-corrected chi connectivity index (χ0v) is 14.6. The summed E-state index contributed by atoms with van der Waals surface area (Å²) in [5.41, 5.74) is 1.03. The summed E-state index contributed by atoms with van der Waals surface area (Å²) in [6, 6.07) is 7.05. The Bertz CT molecular complexity index is 536. The van der Waals surface area contributed by atoms with Crippen LogP contribution in [0.2, 0.25) is 0 Å². The van der Waals surface area contributed by atoms with Crippen LogP contribution in [-0.2, 0) is 14.3 Å². The number of benzene rings is 1. The van der Waals surface area contributed by atoms with Gasteiger partial charge in [-0.1, -0.05) is 12.1 Å². The fourth-order valence-electron chi connectivity index (χ4n) is 2.29. The highest BCUT2D eigenvalue weighted by Gasteiger charge is 2.21. The number of anilines is 1. The van der Waals surface area contributed by atoms with Gasteiger partial charge in [0.1, 0.15) is 0 Å². The normalized spacial score (nSPS) is 14.0. The van der Waals surface area contributed by atoms with E-state index in [-0.39, 0.29) is 30.8 Å². The Morgan fingerprint density at radius 1 is 1.25 bits per heavy atom. The molecule has 0 atom stereocenters. The lowest BCUT2D eigenvalue weighted by Gasteiger charge is -2.27. The molecule has 2 rings (SSSR count). The number of nitrogens with one attached hydrogen (secondary N) is 2. The third-order valence-corrected chi connectivity index (χ3v) is 3.50. The Kier molecular flexibility index (Phi) is 9.33. The van der Waals surface area contributed by atoms with E-state index in [0.29, 0.717) is 50.7 Å². The lowest BCUT2D eigenvalue weighted by molar-refractivity contribution is -0.115. The van der Waals surface area contributed by atoms with Crippen molar-refractivity contribution in [2.75, 3.05) is 58.4 Å². The molecule has 2 amide bonds. The fraction of sp³-hybridized carbons (Fsp3) is 0.500. The Hall–Kier alpha value is -1.67. The fourth-order valence-corrected chi connectivity index (χ4v) is 2.29. The average molecular weight is 358 g/mol. The number of methoxy groups -OCH3 is 1. The number of nitrogens with zero attached hydrogens (tertiary/aromatic N) is 1. The third-order valence-electron chi connectivity index (χ3n) is 3.50. The van der Waals surface area contributed by atoms with Gasteiger partial charge in [0.2, 0.25) is 5.91 Å². The predicted octanol–water partition coefficient (Wildman–Crippen LogP) is 0.755. The molecule has 0 aliphatic carbocycles. The van der Waals surface area contributed by atoms with Crippen molar-refractivity contribution in [3.05, 3.63) is 29.8 Å². The van der Waals surface area contributed by atoms with E-state index in [1.165, 1.54) is 0 Å². The SMILES string of the molecule is COCCNCC(=O)Nc1ccccc1C(=O)N1CCOCC1.Cl. The summed E-state index contributed by atoms with van der Waals surface area (Å²) in [6.07, 6.45) is 0. The van der Waals surface area contributed by atoms with E-state index in [0.717, 1.165) is 0 Å². The van der Waals surface area contributed by atoms with Crippen LogP contribution in [-0.4, -0.2) is 69.8 Å². The molecule has 0 bridgehead atoms. The van der Waals surface area contributed by atoms with Gasteiger partial charge in [-0.2, -0.15) is 0 Å². The van der Waals surface area contributed by atoms with Gasteiger partial charge in [0.25, 0.3) is 5.91 Å². The molecular weight excluding hydrogens is 334 g/mol. The smallest absolute Gasteiger partial charge is 0.256 e. The molecule has 1 fully saturated rings. The van der Waals surface area contributed by atoms with Crippen LogP contribution in [0, 0.1) is 0 Å². The van der Waals surface area contributed by atoms with E-state index < -0.39 is 0 Å². The van der Waals surface area contributed by atoms with Gasteiger partial charge in [-0.05, 0) is 12.1 Å². The molecule has 0 radical (unpaired) electrons. The zero-order chi connectivity index (χ0) is 16.5. The summed E-state index contributed by atoms with van der Waals surface area (Å²) >= 11 is 0. The van der Waals surface area contributed by atoms with Crippen molar-refractivity contribution < 1.29 is 19.1 Å². The van der Waals surface area contributed by atoms with E-state index in [2.05, 4.69) is 10.6 Å². The Morgan fingerprint density at radius 3 is 2.67 bits per heavy atom. The molecule has 1 heterocycles. The summed E-state index contributed by atoms with van der Waals surface area (Å²) in [6.45, 7) is 3.54. The van der Waals surface area contributed by atoms with E-state index >= 15 is 0 Å². The first-order valence-electron chi connectivity index (χ1n) is 7.68. The maximum Gasteiger partial charge on any atom is 0.256 e. The molecule has 24 heavy (non-hydrogen) atoms. The lowest BCUT2D eigenvalue weighted by Crippen LogP contribution is -2.41. The first-order valence-corrected chi connectivity index (χ1v) is 7.68. The molecule has 1 aliphatic heterocycles. The summed E-state index contributed by atoms with van der Waals surface area (Å²) in [5, 5.41) is 5.76. The van der Waals surface area contributed by atoms with Crippen molar-refractivity contribution in [2.24, 2.45) is 0 Å². The largest absolute Gasteiger partial charge is 0.383 e. The highest BCUT2D eigenvalue weighted by Crippen LogP contribution is 2.18. The minimum atomic E-state index is -0.191. The van der Waals surface area contributed by atoms with Crippen LogP contribution in [0.3, 0.4) is 0 Å². The van der Waals surface area contributed by atoms with Gasteiger partial charge in [-0.25, -0.2) is 0 Å². The van der Waals surface area contributed by atoms with Gasteiger partial charge in [0, 0.05) is 26.7 Å². The molecule has 2 N–H and O–H groups in total. The van der Waals surface area contributed by atoms with Gasteiger partial charge >= 0.3 is 0 Å². The standard InChI is InChI=1S/C16H23N3O4.ClH/c1-22-9-6-17-12-15(20)18-14-5-3-2-4-13(14)16(21)19-7-10-23-11-8-19;/h2-5,17H,6-12H2,1H3,(H,18,20);1H. The second-order valence-electron chi connectivity index (χ2n) is 5.17. The molecule has 1 aromatic carbocycles. The van der Waals surface area contributed by atoms with Crippen molar-refractivity contribution >= 4 is 29.9 Å². The van der Waals surface area contributed by atoms with Crippen molar-refractivity contribution in [3.8, 4) is 0 Å². The van der Waals surface area contributed by atoms with E-state index in [1.807, 2.05) is 0 Å². The Balaban J connectivity index is 0.00000288. The number of rotatable bonds is 7. The first kappa shape index (κ1) is 20.4. The first-order chi connectivity index (χ1) is 11.2. The molecule has 1 aliphatic rings. The minimum Gasteiger partial charge on any atom is -0.383 e. The van der Waals surface area contributed by atoms with Crippen molar-refractivity contribution in [3.63, 3.8) is 0 Å². The summed E-state index contributed by atoms with van der Waals surface area (Å²) in [4.78, 5) is 26.3. The van der Waals surface area contributed by atoms with Crippen LogP contribution in [0.1, 0.15) is 10.4 Å². The molecule has 8 heteroatoms. The number of hydrogen-bond acceptors (Lipinski definition) is 5. The number of amides is 2. The van der Waals surface area contributed by atoms with Crippen molar-refractivity contribution in [1.29, 1.82) is 0 Å². The van der Waals surface area contributed by atoms with Crippen molar-refractivity contribution in [2.45, 2.75) is 0 Å². The van der Waals surface area contributed by atoms with E-state index in [9.17, 15) is 9.59 Å². The van der Waals surface area contributed by atoms with Gasteiger partial charge in [0.15, 0.2) is 0 Å². The Labute approximate surface area is 148 Å². The monoisotopic (exact) mass is 357 g/mol. The maximum absolute atomic E-state index is 12.6. The number of ether oxygens (including phenoxy) is 2. The van der Waals surface area contributed by atoms with Crippen LogP contribution in [0.25, 0.3) is 0 Å². The molecule has 7 nitrogen and oxygen atoms in total. The quantitative estimate of drug-likeness (QED) is 0.704. The minimum absolute atomic E-state index is 0. The molecule has 1 aromatic rings. The van der Waals surface area contributed by atoms with Crippen LogP contribution >= 0.6 is 12.4 Å². The van der Waals surface area contributed by atoms with Gasteiger partial charge in [-0.3, -0.25) is 9.59 Å². The number of carbonyl (C=O) groups excluding carboxylic acids is 2. The second-order valence-corrected chi connectivity index (χ2v) is 5.17. The number of morpholine rings is 1. The Morgan fingerprint density at radius 2 is 1.96 bits per heavy atom. The number of carbonyl (C=O) groups is 2. The molecule has 134 valence electrons.